The van der Waals surface area contributed by atoms with E-state index in [1.54, 1.807) is 12.3 Å². The maximum Gasteiger partial charge on any atom is 0.273 e. The molecule has 2 heterocycles. The number of nitrogens with one attached hydrogen (secondary N) is 1. The van der Waals surface area contributed by atoms with Crippen LogP contribution in [0, 0.1) is 30.3 Å². The molecule has 13 nitrogen and oxygen atoms in total. The van der Waals surface area contributed by atoms with Crippen LogP contribution in [0.15, 0.2) is 48.8 Å². The molecule has 0 saturated carbocycles. The van der Waals surface area contributed by atoms with Gasteiger partial charge in [-0.15, -0.1) is 0 Å². The Labute approximate surface area is 148 Å². The average molecular weight is 371 g/mol. The lowest BCUT2D eigenvalue weighted by molar-refractivity contribution is -0.552. The highest BCUT2D eigenvalue weighted by atomic mass is 16.7. The summed E-state index contributed by atoms with van der Waals surface area (Å²) in [6.07, 6.45) is 2.82. The Morgan fingerprint density at radius 3 is 2.15 bits per heavy atom. The summed E-state index contributed by atoms with van der Waals surface area (Å²) in [4.78, 5) is 30.6. The van der Waals surface area contributed by atoms with Crippen molar-refractivity contribution in [1.29, 1.82) is 0 Å². The number of nitro groups is 3. The van der Waals surface area contributed by atoms with Crippen LogP contribution < -0.4 is 0 Å². The van der Waals surface area contributed by atoms with Gasteiger partial charge in [0.05, 0.1) is 43.1 Å². The average Bonchev–Trinajstić information content (AvgIpc) is 3.27. The predicted octanol–water partition coefficient (Wildman–Crippen LogP) is 2.46. The molecule has 0 saturated heterocycles. The van der Waals surface area contributed by atoms with Crippen LogP contribution in [-0.4, -0.2) is 35.0 Å². The normalized spacial score (nSPS) is 10.4. The lowest BCUT2D eigenvalue weighted by atomic mass is 10.2. The van der Waals surface area contributed by atoms with Gasteiger partial charge in [0.15, 0.2) is 0 Å². The molecular weight excluding hydrogens is 362 g/mol. The van der Waals surface area contributed by atoms with Gasteiger partial charge in [0, 0.05) is 28.4 Å². The first-order chi connectivity index (χ1) is 12.8. The molecule has 0 amide bonds. The van der Waals surface area contributed by atoms with Crippen LogP contribution in [0.3, 0.4) is 0 Å². The van der Waals surface area contributed by atoms with Crippen molar-refractivity contribution < 1.29 is 14.9 Å². The van der Waals surface area contributed by atoms with Gasteiger partial charge in [0.2, 0.25) is 5.52 Å². The molecule has 4 rings (SSSR count). The fraction of sp³-hybridized carbons (Fsp3) is 0. The molecule has 136 valence electrons. The zero-order valence-corrected chi connectivity index (χ0v) is 13.3. The summed E-state index contributed by atoms with van der Waals surface area (Å²) < 4.78 is 0. The minimum absolute atomic E-state index is 0.0757. The van der Waals surface area contributed by atoms with E-state index in [0.717, 1.165) is 5.39 Å². The van der Waals surface area contributed by atoms with E-state index in [9.17, 15) is 30.3 Å². The number of fused-ring (bicyclic) bond motifs is 2. The highest BCUT2D eigenvalue weighted by molar-refractivity contribution is 5.80. The Kier molecular flexibility index (Phi) is 4.40. The summed E-state index contributed by atoms with van der Waals surface area (Å²) in [5.41, 5.74) is 0.841. The van der Waals surface area contributed by atoms with Crippen LogP contribution in [0.25, 0.3) is 21.8 Å². The molecule has 2 aromatic heterocycles. The van der Waals surface area contributed by atoms with E-state index in [2.05, 4.69) is 15.3 Å². The van der Waals surface area contributed by atoms with Crippen molar-refractivity contribution in [2.45, 2.75) is 0 Å². The highest BCUT2D eigenvalue weighted by Crippen LogP contribution is 2.19. The molecule has 0 aliphatic heterocycles. The van der Waals surface area contributed by atoms with Crippen molar-refractivity contribution >= 4 is 33.2 Å². The Hall–Kier alpha value is -4.42. The van der Waals surface area contributed by atoms with E-state index in [0.29, 0.717) is 15.7 Å². The third-order valence-corrected chi connectivity index (χ3v) is 3.49. The van der Waals surface area contributed by atoms with Crippen LogP contribution in [-0.2, 0) is 0 Å². The van der Waals surface area contributed by atoms with Gasteiger partial charge in [0.1, 0.15) is 6.20 Å². The van der Waals surface area contributed by atoms with E-state index in [-0.39, 0.29) is 16.9 Å². The third kappa shape index (κ3) is 3.65. The van der Waals surface area contributed by atoms with Crippen molar-refractivity contribution in [2.24, 2.45) is 0 Å². The van der Waals surface area contributed by atoms with E-state index in [1.807, 2.05) is 0 Å². The zero-order chi connectivity index (χ0) is 19.6. The first kappa shape index (κ1) is 17.4. The molecule has 0 aliphatic rings. The lowest BCUT2D eigenvalue weighted by Crippen LogP contribution is -2.07. The number of benzene rings is 2. The van der Waals surface area contributed by atoms with E-state index in [1.165, 1.54) is 36.5 Å². The Balaban J connectivity index is 0.000000159. The molecule has 2 aromatic carbocycles. The summed E-state index contributed by atoms with van der Waals surface area (Å²) >= 11 is 0. The number of aromatic nitrogens is 4. The Bertz CT molecular complexity index is 1170. The molecule has 0 spiro atoms. The summed E-state index contributed by atoms with van der Waals surface area (Å²) in [6.45, 7) is 0. The van der Waals surface area contributed by atoms with Crippen LogP contribution >= 0.6 is 0 Å². The van der Waals surface area contributed by atoms with Gasteiger partial charge in [-0.25, -0.2) is 0 Å². The SMILES string of the molecule is O=[N+]([O-])c1ccc2cn([N+](=O)[O-])nc2c1.O=[N+]([O-])c1ccc2cn[nH]c2c1. The number of nitro benzene ring substituents is 2. The zero-order valence-electron chi connectivity index (χ0n) is 13.3. The minimum atomic E-state index is -0.716. The second kappa shape index (κ2) is 6.83. The van der Waals surface area contributed by atoms with Gasteiger partial charge >= 0.3 is 0 Å². The highest BCUT2D eigenvalue weighted by Gasteiger charge is 2.14. The molecular formula is C14H9N7O6. The van der Waals surface area contributed by atoms with E-state index < -0.39 is 14.9 Å². The second-order valence-corrected chi connectivity index (χ2v) is 5.19. The maximum atomic E-state index is 10.4. The first-order valence-electron chi connectivity index (χ1n) is 7.21. The number of H-pyrrole nitrogens is 1. The van der Waals surface area contributed by atoms with Gasteiger partial charge in [-0.05, 0) is 12.1 Å². The number of hydrogen-bond donors (Lipinski definition) is 1. The van der Waals surface area contributed by atoms with Crippen molar-refractivity contribution in [3.05, 3.63) is 79.1 Å². The van der Waals surface area contributed by atoms with Crippen LogP contribution in [0.5, 0.6) is 0 Å². The Morgan fingerprint density at radius 1 is 0.889 bits per heavy atom. The lowest BCUT2D eigenvalue weighted by Gasteiger charge is -1.89. The molecule has 4 aromatic rings. The number of non-ortho nitro benzene ring substituents is 2. The van der Waals surface area contributed by atoms with Gasteiger partial charge in [-0.3, -0.25) is 25.3 Å². The fourth-order valence-electron chi connectivity index (χ4n) is 2.23. The smallest absolute Gasteiger partial charge is 0.273 e. The van der Waals surface area contributed by atoms with Crippen molar-refractivity contribution in [1.82, 2.24) is 20.1 Å². The van der Waals surface area contributed by atoms with Crippen LogP contribution in [0.4, 0.5) is 11.4 Å². The summed E-state index contributed by atoms with van der Waals surface area (Å²) in [6, 6.07) is 8.46. The van der Waals surface area contributed by atoms with Gasteiger partial charge in [0.25, 0.3) is 11.4 Å². The molecule has 0 unspecified atom stereocenters. The third-order valence-electron chi connectivity index (χ3n) is 3.49. The molecule has 27 heavy (non-hydrogen) atoms. The van der Waals surface area contributed by atoms with Crippen molar-refractivity contribution in [2.75, 3.05) is 0 Å². The van der Waals surface area contributed by atoms with E-state index >= 15 is 0 Å². The number of aromatic amines is 1. The summed E-state index contributed by atoms with van der Waals surface area (Å²) in [5.74, 6) is 0. The molecule has 1 N–H and O–H groups in total. The minimum Gasteiger partial charge on any atom is -0.339 e. The first-order valence-corrected chi connectivity index (χ1v) is 7.21. The van der Waals surface area contributed by atoms with Crippen molar-refractivity contribution in [3.8, 4) is 0 Å². The van der Waals surface area contributed by atoms with Crippen LogP contribution in [0.2, 0.25) is 0 Å². The molecule has 0 radical (unpaired) electrons. The predicted molar refractivity (Wildman–Crippen MR) is 91.5 cm³/mol. The van der Waals surface area contributed by atoms with Gasteiger partial charge in [-0.1, -0.05) is 0 Å². The topological polar surface area (TPSA) is 176 Å². The van der Waals surface area contributed by atoms with Gasteiger partial charge < -0.3 is 10.1 Å². The second-order valence-electron chi connectivity index (χ2n) is 5.19. The monoisotopic (exact) mass is 371 g/mol. The Morgan fingerprint density at radius 2 is 1.52 bits per heavy atom. The van der Waals surface area contributed by atoms with Crippen molar-refractivity contribution in [3.63, 3.8) is 0 Å². The molecule has 13 heteroatoms. The fourth-order valence-corrected chi connectivity index (χ4v) is 2.23. The largest absolute Gasteiger partial charge is 0.339 e. The van der Waals surface area contributed by atoms with E-state index in [4.69, 9.17) is 0 Å². The number of nitrogens with zero attached hydrogens (tertiary/aromatic N) is 6. The molecule has 0 bridgehead atoms. The molecule has 0 atom stereocenters. The quantitative estimate of drug-likeness (QED) is 0.421. The molecule has 0 fully saturated rings. The standard InChI is InChI=1S/C7H4N4O4.C7H5N3O2/c12-10(13)6-2-1-5-4-9(11(14)15)8-7(5)3-6;11-10(12)6-2-1-5-4-8-9-7(5)3-6/h1-4H;1-4H,(H,8,9). The maximum absolute atomic E-state index is 10.4. The van der Waals surface area contributed by atoms with Crippen LogP contribution in [0.1, 0.15) is 0 Å². The summed E-state index contributed by atoms with van der Waals surface area (Å²) in [7, 11) is 0. The summed E-state index contributed by atoms with van der Waals surface area (Å²) in [5, 5.41) is 41.7. The number of hydrogen-bond acceptors (Lipinski definition) is 8. The number of rotatable bonds is 3. The van der Waals surface area contributed by atoms with Gasteiger partial charge in [-0.2, -0.15) is 5.10 Å². The molecule has 0 aliphatic carbocycles.